The summed E-state index contributed by atoms with van der Waals surface area (Å²) in [6, 6.07) is 0. The topological polar surface area (TPSA) is 0 Å². The van der Waals surface area contributed by atoms with Crippen LogP contribution in [0.1, 0.15) is 61.1 Å². The van der Waals surface area contributed by atoms with Crippen molar-refractivity contribution in [1.82, 2.24) is 0 Å². The fraction of sp³-hybridized carbons (Fsp3) is 0.650. The summed E-state index contributed by atoms with van der Waals surface area (Å²) in [5.74, 6) is 3.80. The zero-order valence-electron chi connectivity index (χ0n) is 13.9. The second kappa shape index (κ2) is 13.3. The monoisotopic (exact) mass is 327 g/mol. The summed E-state index contributed by atoms with van der Waals surface area (Å²) < 4.78 is 0. The minimum Gasteiger partial charge on any atom is -0.697 e. The molecule has 0 saturated heterocycles. The van der Waals surface area contributed by atoms with Crippen LogP contribution in [-0.4, -0.2) is 0 Å². The Morgan fingerprint density at radius 3 is 1.62 bits per heavy atom. The van der Waals surface area contributed by atoms with Crippen LogP contribution in [0.5, 0.6) is 0 Å². The summed E-state index contributed by atoms with van der Waals surface area (Å²) in [7, 11) is 0. The molecule has 2 aliphatic carbocycles. The SMILES string of the molecule is C=CC1CCC(C2CCC(/C=C/C)CC2)CC1.[C-]#C.[CH3-].[HH].[HH].[V+2]. The van der Waals surface area contributed by atoms with Gasteiger partial charge < -0.3 is 20.3 Å². The first-order valence-corrected chi connectivity index (χ1v) is 7.87. The van der Waals surface area contributed by atoms with Gasteiger partial charge in [0.15, 0.2) is 0 Å². The molecule has 1 heteroatoms. The third-order valence-corrected chi connectivity index (χ3v) is 5.10. The molecule has 0 atom stereocenters. The standard InChI is InChI=1S/C17H28.C2H.CH3.V.2H2/c1-3-5-15-8-12-17(13-9-15)16-10-6-14(4-2)7-11-16;1-2;;;;/h3-5,14-17H,2,6-13H2,1H3;1H;1H3;;2*1H/q;2*-1;+2;;/b5-3+;;;;;. The Morgan fingerprint density at radius 1 is 0.905 bits per heavy atom. The van der Waals surface area contributed by atoms with Crippen LogP contribution in [0.3, 0.4) is 0 Å². The van der Waals surface area contributed by atoms with E-state index >= 15 is 0 Å². The normalized spacial score (nSPS) is 32.0. The second-order valence-electron chi connectivity index (χ2n) is 6.11. The first-order valence-electron chi connectivity index (χ1n) is 7.87. The molecule has 21 heavy (non-hydrogen) atoms. The van der Waals surface area contributed by atoms with Gasteiger partial charge in [-0.15, -0.1) is 6.58 Å². The van der Waals surface area contributed by atoms with Crippen LogP contribution in [0.15, 0.2) is 24.8 Å². The quantitative estimate of drug-likeness (QED) is 0.315. The van der Waals surface area contributed by atoms with Gasteiger partial charge in [0.1, 0.15) is 0 Å². The molecule has 2 aliphatic rings. The summed E-state index contributed by atoms with van der Waals surface area (Å²) >= 11 is 0. The summed E-state index contributed by atoms with van der Waals surface area (Å²) in [6.07, 6.45) is 27.4. The maximum Gasteiger partial charge on any atom is 2.00 e. The Bertz CT molecular complexity index is 296. The van der Waals surface area contributed by atoms with Gasteiger partial charge in [-0.3, -0.25) is 0 Å². The molecule has 1 radical (unpaired) electrons. The maximum atomic E-state index is 5.25. The number of terminal acetylenes is 1. The maximum absolute atomic E-state index is 5.25. The molecule has 0 aromatic heterocycles. The van der Waals surface area contributed by atoms with E-state index in [0.29, 0.717) is 0 Å². The van der Waals surface area contributed by atoms with Crippen molar-refractivity contribution in [3.8, 4) is 6.42 Å². The fourth-order valence-corrected chi connectivity index (χ4v) is 3.93. The average Bonchev–Trinajstić information content (AvgIpc) is 2.51. The van der Waals surface area contributed by atoms with E-state index in [2.05, 4.69) is 38.2 Å². The number of rotatable bonds is 3. The van der Waals surface area contributed by atoms with Gasteiger partial charge in [-0.05, 0) is 82.0 Å². The number of hydrogen-bond acceptors (Lipinski definition) is 0. The van der Waals surface area contributed by atoms with Crippen LogP contribution in [0.2, 0.25) is 0 Å². The third kappa shape index (κ3) is 7.44. The average molecular weight is 327 g/mol. The van der Waals surface area contributed by atoms with Crippen molar-refractivity contribution in [1.29, 1.82) is 0 Å². The largest absolute Gasteiger partial charge is 2.00 e. The molecule has 0 amide bonds. The van der Waals surface area contributed by atoms with Gasteiger partial charge in [-0.25, -0.2) is 0 Å². The van der Waals surface area contributed by atoms with Gasteiger partial charge in [-0.2, -0.15) is 0 Å². The molecule has 121 valence electrons. The van der Waals surface area contributed by atoms with Crippen molar-refractivity contribution in [2.24, 2.45) is 23.7 Å². The van der Waals surface area contributed by atoms with E-state index in [-0.39, 0.29) is 28.8 Å². The summed E-state index contributed by atoms with van der Waals surface area (Å²) in [6.45, 7) is 6.10. The zero-order chi connectivity index (χ0) is 14.1. The van der Waals surface area contributed by atoms with E-state index in [1.54, 1.807) is 0 Å². The third-order valence-electron chi connectivity index (χ3n) is 5.10. The molecule has 2 saturated carbocycles. The summed E-state index contributed by atoms with van der Waals surface area (Å²) in [5.41, 5.74) is 0. The van der Waals surface area contributed by atoms with E-state index in [4.69, 9.17) is 6.42 Å². The second-order valence-corrected chi connectivity index (χ2v) is 6.11. The van der Waals surface area contributed by atoms with E-state index in [9.17, 15) is 0 Å². The van der Waals surface area contributed by atoms with Crippen LogP contribution in [0.25, 0.3) is 0 Å². The molecule has 0 spiro atoms. The molecule has 2 rings (SSSR count). The Kier molecular flexibility index (Phi) is 14.5. The Labute approximate surface area is 148 Å². The van der Waals surface area contributed by atoms with Crippen molar-refractivity contribution in [3.63, 3.8) is 0 Å². The smallest absolute Gasteiger partial charge is 0.697 e. The van der Waals surface area contributed by atoms with Crippen molar-refractivity contribution >= 4 is 0 Å². The van der Waals surface area contributed by atoms with Crippen molar-refractivity contribution in [3.05, 3.63) is 38.7 Å². The van der Waals surface area contributed by atoms with E-state index in [1.165, 1.54) is 51.4 Å². The molecule has 0 N–H and O–H groups in total. The van der Waals surface area contributed by atoms with Gasteiger partial charge in [0.2, 0.25) is 0 Å². The predicted molar refractivity (Wildman–Crippen MR) is 94.7 cm³/mol. The van der Waals surface area contributed by atoms with Crippen molar-refractivity contribution in [2.75, 3.05) is 0 Å². The molecule has 0 unspecified atom stereocenters. The van der Waals surface area contributed by atoms with Crippen molar-refractivity contribution < 1.29 is 21.4 Å². The van der Waals surface area contributed by atoms with Crippen LogP contribution in [0, 0.1) is 43.9 Å². The Morgan fingerprint density at radius 2 is 1.29 bits per heavy atom. The number of hydrogen-bond donors (Lipinski definition) is 0. The Balaban J connectivity index is -0.000000290. The van der Waals surface area contributed by atoms with Gasteiger partial charge in [0.25, 0.3) is 0 Å². The van der Waals surface area contributed by atoms with E-state index in [1.807, 2.05) is 0 Å². The summed E-state index contributed by atoms with van der Waals surface area (Å²) in [5, 5.41) is 0. The molecular formula is C20H36V. The first kappa shape index (κ1) is 22.9. The van der Waals surface area contributed by atoms with Crippen LogP contribution in [0.4, 0.5) is 0 Å². The predicted octanol–water partition coefficient (Wildman–Crippen LogP) is 6.51. The molecule has 0 nitrogen and oxygen atoms in total. The molecule has 0 heterocycles. The minimum absolute atomic E-state index is 0. The molecule has 0 aromatic carbocycles. The molecular weight excluding hydrogens is 291 g/mol. The molecule has 0 aromatic rings. The van der Waals surface area contributed by atoms with E-state index in [0.717, 1.165) is 23.7 Å². The van der Waals surface area contributed by atoms with E-state index < -0.39 is 0 Å². The Hall–Kier alpha value is -0.376. The molecule has 0 aliphatic heterocycles. The number of allylic oxidation sites excluding steroid dienone is 3. The molecule has 2 fully saturated rings. The minimum atomic E-state index is 0. The molecule has 0 bridgehead atoms. The fourth-order valence-electron chi connectivity index (χ4n) is 3.93. The van der Waals surface area contributed by atoms with Crippen molar-refractivity contribution in [2.45, 2.75) is 58.3 Å². The summed E-state index contributed by atoms with van der Waals surface area (Å²) in [4.78, 5) is 0. The van der Waals surface area contributed by atoms with Gasteiger partial charge in [0, 0.05) is 2.85 Å². The van der Waals surface area contributed by atoms with Crippen LogP contribution >= 0.6 is 0 Å². The van der Waals surface area contributed by atoms with Crippen LogP contribution in [-0.2, 0) is 18.6 Å². The zero-order valence-corrected chi connectivity index (χ0v) is 15.3. The van der Waals surface area contributed by atoms with Gasteiger partial charge in [-0.1, -0.05) is 18.2 Å². The van der Waals surface area contributed by atoms with Gasteiger partial charge in [0.05, 0.1) is 0 Å². The van der Waals surface area contributed by atoms with Crippen LogP contribution < -0.4 is 0 Å². The van der Waals surface area contributed by atoms with Gasteiger partial charge >= 0.3 is 18.6 Å². The first-order chi connectivity index (χ1) is 9.33.